The SMILES string of the molecule is COCCOc1ccc(C(F)(F)F)cc1NC(=O)c1ccccc1Cl. The number of benzene rings is 2. The largest absolute Gasteiger partial charge is 0.489 e. The van der Waals surface area contributed by atoms with Gasteiger partial charge < -0.3 is 14.8 Å². The van der Waals surface area contributed by atoms with Gasteiger partial charge in [-0.1, -0.05) is 23.7 Å². The molecular formula is C17H15ClF3NO3. The molecule has 134 valence electrons. The molecule has 0 aromatic heterocycles. The number of alkyl halides is 3. The molecule has 2 aromatic carbocycles. The number of hydrogen-bond acceptors (Lipinski definition) is 3. The molecule has 1 amide bonds. The monoisotopic (exact) mass is 373 g/mol. The van der Waals surface area contributed by atoms with Crippen LogP contribution in [-0.4, -0.2) is 26.2 Å². The van der Waals surface area contributed by atoms with Crippen LogP contribution in [0.3, 0.4) is 0 Å². The first kappa shape index (κ1) is 19.1. The Bertz CT molecular complexity index is 750. The number of rotatable bonds is 6. The summed E-state index contributed by atoms with van der Waals surface area (Å²) in [7, 11) is 1.47. The van der Waals surface area contributed by atoms with Crippen LogP contribution in [0, 0.1) is 0 Å². The lowest BCUT2D eigenvalue weighted by Crippen LogP contribution is -2.15. The zero-order valence-electron chi connectivity index (χ0n) is 13.2. The van der Waals surface area contributed by atoms with Crippen molar-refractivity contribution in [3.63, 3.8) is 0 Å². The zero-order chi connectivity index (χ0) is 18.4. The minimum absolute atomic E-state index is 0.101. The van der Waals surface area contributed by atoms with Gasteiger partial charge in [-0.15, -0.1) is 0 Å². The van der Waals surface area contributed by atoms with E-state index in [1.54, 1.807) is 12.1 Å². The summed E-state index contributed by atoms with van der Waals surface area (Å²) >= 11 is 5.94. The van der Waals surface area contributed by atoms with Gasteiger partial charge in [0.05, 0.1) is 28.4 Å². The minimum Gasteiger partial charge on any atom is -0.489 e. The topological polar surface area (TPSA) is 47.6 Å². The molecule has 0 saturated carbocycles. The molecule has 0 aliphatic carbocycles. The normalized spacial score (nSPS) is 11.2. The van der Waals surface area contributed by atoms with E-state index in [0.717, 1.165) is 18.2 Å². The first-order valence-corrected chi connectivity index (χ1v) is 7.59. The van der Waals surface area contributed by atoms with Crippen molar-refractivity contribution in [2.45, 2.75) is 6.18 Å². The average molecular weight is 374 g/mol. The molecule has 1 N–H and O–H groups in total. The highest BCUT2D eigenvalue weighted by Crippen LogP contribution is 2.35. The van der Waals surface area contributed by atoms with Crippen LogP contribution in [0.5, 0.6) is 5.75 Å². The summed E-state index contributed by atoms with van der Waals surface area (Å²) in [6.45, 7) is 0.371. The van der Waals surface area contributed by atoms with Gasteiger partial charge in [0.15, 0.2) is 0 Å². The lowest BCUT2D eigenvalue weighted by Gasteiger charge is -2.15. The maximum Gasteiger partial charge on any atom is 0.416 e. The summed E-state index contributed by atoms with van der Waals surface area (Å²) in [6, 6.07) is 9.08. The summed E-state index contributed by atoms with van der Waals surface area (Å²) < 4.78 is 49.0. The number of amides is 1. The third kappa shape index (κ3) is 5.11. The molecule has 0 aliphatic rings. The van der Waals surface area contributed by atoms with Gasteiger partial charge in [0.2, 0.25) is 0 Å². The van der Waals surface area contributed by atoms with Crippen molar-refractivity contribution in [3.8, 4) is 5.75 Å². The first-order chi connectivity index (χ1) is 11.8. The van der Waals surface area contributed by atoms with Crippen molar-refractivity contribution in [2.75, 3.05) is 25.6 Å². The Kier molecular flexibility index (Phi) is 6.27. The van der Waals surface area contributed by atoms with E-state index in [1.165, 1.54) is 19.2 Å². The number of halogens is 4. The molecule has 2 rings (SSSR count). The van der Waals surface area contributed by atoms with Gasteiger partial charge in [-0.3, -0.25) is 4.79 Å². The maximum absolute atomic E-state index is 12.9. The van der Waals surface area contributed by atoms with E-state index in [9.17, 15) is 18.0 Å². The molecule has 0 radical (unpaired) electrons. The molecular weight excluding hydrogens is 359 g/mol. The number of nitrogens with one attached hydrogen (secondary N) is 1. The third-order valence-electron chi connectivity index (χ3n) is 3.22. The van der Waals surface area contributed by atoms with Crippen LogP contribution in [0.2, 0.25) is 5.02 Å². The minimum atomic E-state index is -4.55. The molecule has 0 unspecified atom stereocenters. The molecule has 0 atom stereocenters. The molecule has 0 bridgehead atoms. The summed E-state index contributed by atoms with van der Waals surface area (Å²) in [6.07, 6.45) is -4.55. The van der Waals surface area contributed by atoms with E-state index >= 15 is 0 Å². The number of carbonyl (C=O) groups is 1. The first-order valence-electron chi connectivity index (χ1n) is 7.22. The Morgan fingerprint density at radius 2 is 1.88 bits per heavy atom. The third-order valence-corrected chi connectivity index (χ3v) is 3.55. The maximum atomic E-state index is 12.9. The van der Waals surface area contributed by atoms with Crippen LogP contribution in [0.25, 0.3) is 0 Å². The van der Waals surface area contributed by atoms with Crippen molar-refractivity contribution in [2.24, 2.45) is 0 Å². The molecule has 25 heavy (non-hydrogen) atoms. The lowest BCUT2D eigenvalue weighted by molar-refractivity contribution is -0.137. The predicted molar refractivity (Wildman–Crippen MR) is 88.2 cm³/mol. The molecule has 2 aromatic rings. The van der Waals surface area contributed by atoms with Crippen molar-refractivity contribution >= 4 is 23.2 Å². The van der Waals surface area contributed by atoms with Gasteiger partial charge in [-0.05, 0) is 30.3 Å². The number of ether oxygens (including phenoxy) is 2. The number of methoxy groups -OCH3 is 1. The highest BCUT2D eigenvalue weighted by atomic mass is 35.5. The fourth-order valence-electron chi connectivity index (χ4n) is 2.00. The second-order valence-electron chi connectivity index (χ2n) is 4.98. The van der Waals surface area contributed by atoms with Crippen LogP contribution in [-0.2, 0) is 10.9 Å². The van der Waals surface area contributed by atoms with Crippen LogP contribution in [0.15, 0.2) is 42.5 Å². The van der Waals surface area contributed by atoms with E-state index in [2.05, 4.69) is 5.32 Å². The Labute approximate surface area is 147 Å². The Morgan fingerprint density at radius 1 is 1.16 bits per heavy atom. The quantitative estimate of drug-likeness (QED) is 0.751. The van der Waals surface area contributed by atoms with E-state index in [-0.39, 0.29) is 35.2 Å². The van der Waals surface area contributed by atoms with Crippen LogP contribution in [0.4, 0.5) is 18.9 Å². The molecule has 4 nitrogen and oxygen atoms in total. The number of anilines is 1. The summed E-state index contributed by atoms with van der Waals surface area (Å²) in [5.41, 5.74) is -0.860. The second kappa shape index (κ2) is 8.22. The highest BCUT2D eigenvalue weighted by Gasteiger charge is 2.31. The van der Waals surface area contributed by atoms with E-state index < -0.39 is 17.6 Å². The van der Waals surface area contributed by atoms with Gasteiger partial charge in [-0.25, -0.2) is 0 Å². The number of hydrogen-bond donors (Lipinski definition) is 1. The standard InChI is InChI=1S/C17H15ClF3NO3/c1-24-8-9-25-15-7-6-11(17(19,20)21)10-14(15)22-16(23)12-4-2-3-5-13(12)18/h2-7,10H,8-9H2,1H3,(H,22,23). The second-order valence-corrected chi connectivity index (χ2v) is 5.39. The van der Waals surface area contributed by atoms with E-state index in [1.807, 2.05) is 0 Å². The predicted octanol–water partition coefficient (Wildman–Crippen LogP) is 4.64. The fourth-order valence-corrected chi connectivity index (χ4v) is 2.22. The van der Waals surface area contributed by atoms with Gasteiger partial charge in [0.25, 0.3) is 5.91 Å². The molecule has 0 heterocycles. The summed E-state index contributed by atoms with van der Waals surface area (Å²) in [5.74, 6) is -0.535. The van der Waals surface area contributed by atoms with Gasteiger partial charge in [-0.2, -0.15) is 13.2 Å². The van der Waals surface area contributed by atoms with Crippen LogP contribution < -0.4 is 10.1 Å². The van der Waals surface area contributed by atoms with Gasteiger partial charge in [0.1, 0.15) is 12.4 Å². The zero-order valence-corrected chi connectivity index (χ0v) is 13.9. The smallest absolute Gasteiger partial charge is 0.416 e. The van der Waals surface area contributed by atoms with Gasteiger partial charge in [0, 0.05) is 7.11 Å². The van der Waals surface area contributed by atoms with Crippen molar-refractivity contribution < 1.29 is 27.4 Å². The molecule has 0 fully saturated rings. The summed E-state index contributed by atoms with van der Waals surface area (Å²) in [5, 5.41) is 2.61. The van der Waals surface area contributed by atoms with Crippen molar-refractivity contribution in [1.29, 1.82) is 0 Å². The van der Waals surface area contributed by atoms with E-state index in [0.29, 0.717) is 0 Å². The lowest BCUT2D eigenvalue weighted by atomic mass is 10.1. The van der Waals surface area contributed by atoms with Crippen LogP contribution in [0.1, 0.15) is 15.9 Å². The molecule has 0 aliphatic heterocycles. The van der Waals surface area contributed by atoms with Crippen molar-refractivity contribution in [1.82, 2.24) is 0 Å². The number of carbonyl (C=O) groups excluding carboxylic acids is 1. The summed E-state index contributed by atoms with van der Waals surface area (Å²) in [4.78, 5) is 12.3. The Balaban J connectivity index is 2.31. The van der Waals surface area contributed by atoms with Crippen LogP contribution >= 0.6 is 11.6 Å². The van der Waals surface area contributed by atoms with Crippen molar-refractivity contribution in [3.05, 3.63) is 58.6 Å². The Morgan fingerprint density at radius 3 is 2.52 bits per heavy atom. The molecule has 0 saturated heterocycles. The van der Waals surface area contributed by atoms with Gasteiger partial charge >= 0.3 is 6.18 Å². The van der Waals surface area contributed by atoms with E-state index in [4.69, 9.17) is 21.1 Å². The molecule has 0 spiro atoms. The highest BCUT2D eigenvalue weighted by molar-refractivity contribution is 6.34. The fraction of sp³-hybridized carbons (Fsp3) is 0.235. The molecule has 8 heteroatoms. The average Bonchev–Trinajstić information content (AvgIpc) is 2.55. The Hall–Kier alpha value is -2.25.